The molecule has 2 amide bonds. The highest BCUT2D eigenvalue weighted by atomic mass is 16.2. The van der Waals surface area contributed by atoms with Crippen molar-refractivity contribution in [2.75, 3.05) is 27.2 Å². The highest BCUT2D eigenvalue weighted by Gasteiger charge is 2.20. The Morgan fingerprint density at radius 3 is 2.20 bits per heavy atom. The van der Waals surface area contributed by atoms with Gasteiger partial charge in [-0.3, -0.25) is 9.59 Å². The van der Waals surface area contributed by atoms with Gasteiger partial charge < -0.3 is 15.5 Å². The first kappa shape index (κ1) is 21.2. The van der Waals surface area contributed by atoms with Crippen LogP contribution in [0.15, 0.2) is 24.3 Å². The number of likely N-dealkylation sites (N-methyl/N-ethyl adjacent to an activating group) is 1. The van der Waals surface area contributed by atoms with Crippen molar-refractivity contribution in [2.24, 2.45) is 5.41 Å². The largest absolute Gasteiger partial charge is 0.356 e. The molecule has 140 valence electrons. The molecule has 0 saturated heterocycles. The molecule has 0 saturated carbocycles. The fourth-order valence-electron chi connectivity index (χ4n) is 2.40. The summed E-state index contributed by atoms with van der Waals surface area (Å²) in [6, 6.07) is 8.53. The van der Waals surface area contributed by atoms with Crippen LogP contribution in [-0.4, -0.2) is 43.9 Å². The third-order valence-electron chi connectivity index (χ3n) is 4.13. The first-order chi connectivity index (χ1) is 11.6. The summed E-state index contributed by atoms with van der Waals surface area (Å²) < 4.78 is 0. The molecule has 0 aliphatic heterocycles. The van der Waals surface area contributed by atoms with Crippen LogP contribution in [0.2, 0.25) is 0 Å². The number of rotatable bonds is 8. The van der Waals surface area contributed by atoms with Gasteiger partial charge in [-0.25, -0.2) is 0 Å². The lowest BCUT2D eigenvalue weighted by molar-refractivity contribution is -0.128. The van der Waals surface area contributed by atoms with Crippen LogP contribution >= 0.6 is 0 Å². The number of aryl methyl sites for hydroxylation is 1. The molecule has 5 heteroatoms. The maximum Gasteiger partial charge on any atom is 0.225 e. The van der Waals surface area contributed by atoms with Gasteiger partial charge in [-0.05, 0) is 33.0 Å². The molecule has 0 radical (unpaired) electrons. The molecule has 5 nitrogen and oxygen atoms in total. The zero-order valence-electron chi connectivity index (χ0n) is 16.5. The Bertz CT molecular complexity index is 559. The smallest absolute Gasteiger partial charge is 0.225 e. The molecule has 0 aliphatic carbocycles. The van der Waals surface area contributed by atoms with Crippen molar-refractivity contribution in [2.45, 2.75) is 46.6 Å². The van der Waals surface area contributed by atoms with E-state index in [0.29, 0.717) is 25.9 Å². The first-order valence-corrected chi connectivity index (χ1v) is 8.89. The van der Waals surface area contributed by atoms with Crippen molar-refractivity contribution in [3.63, 3.8) is 0 Å². The summed E-state index contributed by atoms with van der Waals surface area (Å²) in [5.74, 6) is 0.0314. The molecular formula is C20H33N3O2. The van der Waals surface area contributed by atoms with Crippen LogP contribution in [0, 0.1) is 12.3 Å². The number of hydrogen-bond donors (Lipinski definition) is 2. The fraction of sp³-hybridized carbons (Fsp3) is 0.600. The van der Waals surface area contributed by atoms with Gasteiger partial charge in [0.25, 0.3) is 0 Å². The van der Waals surface area contributed by atoms with Gasteiger partial charge >= 0.3 is 0 Å². The Morgan fingerprint density at radius 2 is 1.68 bits per heavy atom. The molecule has 0 fully saturated rings. The SMILES string of the molecule is Cc1ccc([C@@H](CNC(=O)CCCNC(=O)C(C)(C)C)N(C)C)cc1. The second kappa shape index (κ2) is 9.56. The number of amides is 2. The van der Waals surface area contributed by atoms with Crippen molar-refractivity contribution >= 4 is 11.8 Å². The van der Waals surface area contributed by atoms with Gasteiger partial charge in [0.2, 0.25) is 11.8 Å². The van der Waals surface area contributed by atoms with Gasteiger partial charge in [0, 0.05) is 24.9 Å². The number of benzene rings is 1. The van der Waals surface area contributed by atoms with Gasteiger partial charge in [-0.15, -0.1) is 0 Å². The monoisotopic (exact) mass is 347 g/mol. The number of nitrogens with one attached hydrogen (secondary N) is 2. The zero-order chi connectivity index (χ0) is 19.0. The van der Waals surface area contributed by atoms with Crippen LogP contribution in [0.3, 0.4) is 0 Å². The molecule has 0 spiro atoms. The minimum Gasteiger partial charge on any atom is -0.356 e. The summed E-state index contributed by atoms with van der Waals surface area (Å²) >= 11 is 0. The van der Waals surface area contributed by atoms with Gasteiger partial charge in [0.15, 0.2) is 0 Å². The minimum atomic E-state index is -0.394. The first-order valence-electron chi connectivity index (χ1n) is 8.89. The quantitative estimate of drug-likeness (QED) is 0.711. The van der Waals surface area contributed by atoms with Gasteiger partial charge in [-0.2, -0.15) is 0 Å². The predicted octanol–water partition coefficient (Wildman–Crippen LogP) is 2.66. The number of carbonyl (C=O) groups excluding carboxylic acids is 2. The topological polar surface area (TPSA) is 61.4 Å². The maximum atomic E-state index is 12.1. The van der Waals surface area contributed by atoms with E-state index >= 15 is 0 Å². The van der Waals surface area contributed by atoms with E-state index in [-0.39, 0.29) is 17.9 Å². The minimum absolute atomic E-state index is 0.0138. The zero-order valence-corrected chi connectivity index (χ0v) is 16.5. The van der Waals surface area contributed by atoms with Gasteiger partial charge in [-0.1, -0.05) is 50.6 Å². The average molecular weight is 348 g/mol. The normalized spacial score (nSPS) is 12.8. The van der Waals surface area contributed by atoms with E-state index in [4.69, 9.17) is 0 Å². The molecule has 0 bridgehead atoms. The van der Waals surface area contributed by atoms with Crippen LogP contribution in [0.5, 0.6) is 0 Å². The fourth-order valence-corrected chi connectivity index (χ4v) is 2.40. The molecule has 1 atom stereocenters. The van der Waals surface area contributed by atoms with Crippen LogP contribution < -0.4 is 10.6 Å². The van der Waals surface area contributed by atoms with Gasteiger partial charge in [0.05, 0.1) is 6.04 Å². The highest BCUT2D eigenvalue weighted by Crippen LogP contribution is 2.18. The third kappa shape index (κ3) is 7.69. The second-order valence-electron chi connectivity index (χ2n) is 7.80. The Labute approximate surface area is 152 Å². The van der Waals surface area contributed by atoms with E-state index in [9.17, 15) is 9.59 Å². The summed E-state index contributed by atoms with van der Waals surface area (Å²) in [7, 11) is 4.03. The molecule has 0 heterocycles. The van der Waals surface area contributed by atoms with E-state index < -0.39 is 5.41 Å². The lowest BCUT2D eigenvalue weighted by atomic mass is 9.96. The molecule has 0 unspecified atom stereocenters. The van der Waals surface area contributed by atoms with Crippen LogP contribution in [0.4, 0.5) is 0 Å². The van der Waals surface area contributed by atoms with Gasteiger partial charge in [0.1, 0.15) is 0 Å². The Balaban J connectivity index is 2.38. The Kier molecular flexibility index (Phi) is 8.10. The van der Waals surface area contributed by atoms with E-state index in [1.54, 1.807) is 0 Å². The van der Waals surface area contributed by atoms with Crippen molar-refractivity contribution in [3.05, 3.63) is 35.4 Å². The molecule has 0 aliphatic rings. The molecule has 1 aromatic rings. The predicted molar refractivity (Wildman–Crippen MR) is 102 cm³/mol. The number of hydrogen-bond acceptors (Lipinski definition) is 3. The molecule has 1 rings (SSSR count). The molecule has 1 aromatic carbocycles. The molecule has 0 aromatic heterocycles. The summed E-state index contributed by atoms with van der Waals surface area (Å²) in [4.78, 5) is 25.9. The van der Waals surface area contributed by atoms with E-state index in [1.165, 1.54) is 11.1 Å². The molecule has 25 heavy (non-hydrogen) atoms. The van der Waals surface area contributed by atoms with Crippen molar-refractivity contribution in [1.29, 1.82) is 0 Å². The highest BCUT2D eigenvalue weighted by molar-refractivity contribution is 5.81. The number of carbonyl (C=O) groups is 2. The summed E-state index contributed by atoms with van der Waals surface area (Å²) in [5, 5.41) is 5.87. The average Bonchev–Trinajstić information content (AvgIpc) is 2.52. The Morgan fingerprint density at radius 1 is 1.08 bits per heavy atom. The molecular weight excluding hydrogens is 314 g/mol. The van der Waals surface area contributed by atoms with E-state index in [0.717, 1.165) is 0 Å². The van der Waals surface area contributed by atoms with Crippen molar-refractivity contribution < 1.29 is 9.59 Å². The summed E-state index contributed by atoms with van der Waals surface area (Å²) in [6.07, 6.45) is 1.06. The van der Waals surface area contributed by atoms with E-state index in [1.807, 2.05) is 34.9 Å². The van der Waals surface area contributed by atoms with Crippen molar-refractivity contribution in [3.8, 4) is 0 Å². The lowest BCUT2D eigenvalue weighted by Gasteiger charge is -2.25. The number of nitrogens with zero attached hydrogens (tertiary/aromatic N) is 1. The standard InChI is InChI=1S/C20H33N3O2/c1-15-9-11-16(12-10-15)17(23(5)6)14-22-18(24)8-7-13-21-19(25)20(2,3)4/h9-12,17H,7-8,13-14H2,1-6H3,(H,21,25)(H,22,24)/t17-/m1/s1. The summed E-state index contributed by atoms with van der Waals surface area (Å²) in [5.41, 5.74) is 2.02. The van der Waals surface area contributed by atoms with Crippen LogP contribution in [-0.2, 0) is 9.59 Å². The third-order valence-corrected chi connectivity index (χ3v) is 4.13. The maximum absolute atomic E-state index is 12.1. The van der Waals surface area contributed by atoms with E-state index in [2.05, 4.69) is 46.7 Å². The van der Waals surface area contributed by atoms with Crippen molar-refractivity contribution in [1.82, 2.24) is 15.5 Å². The Hall–Kier alpha value is -1.88. The van der Waals surface area contributed by atoms with Crippen LogP contribution in [0.1, 0.15) is 50.8 Å². The summed E-state index contributed by atoms with van der Waals surface area (Å²) in [6.45, 7) is 8.79. The lowest BCUT2D eigenvalue weighted by Crippen LogP contribution is -2.36. The second-order valence-corrected chi connectivity index (χ2v) is 7.80. The van der Waals surface area contributed by atoms with Crippen LogP contribution in [0.25, 0.3) is 0 Å². The molecule has 2 N–H and O–H groups in total.